The molecule has 10 nitrogen and oxygen atoms in total. The second-order valence-electron chi connectivity index (χ2n) is 14.9. The van der Waals surface area contributed by atoms with E-state index >= 15 is 4.39 Å². The number of likely N-dealkylation sites (tertiary alicyclic amines) is 1. The Bertz CT molecular complexity index is 2220. The number of benzene rings is 2. The molecule has 1 aliphatic carbocycles. The Kier molecular flexibility index (Phi) is 8.74. The van der Waals surface area contributed by atoms with Crippen molar-refractivity contribution in [2.75, 3.05) is 13.7 Å². The number of fused-ring (bicyclic) bond motifs is 5. The number of methoxy groups -OCH3 is 1. The average Bonchev–Trinajstić information content (AvgIpc) is 3.54. The Balaban J connectivity index is 1.03. The van der Waals surface area contributed by atoms with Crippen molar-refractivity contribution in [3.63, 3.8) is 0 Å². The van der Waals surface area contributed by atoms with Crippen molar-refractivity contribution in [3.8, 4) is 28.3 Å². The van der Waals surface area contributed by atoms with Crippen LogP contribution in [0.5, 0.6) is 5.75 Å². The zero-order valence-electron chi connectivity index (χ0n) is 29.7. The van der Waals surface area contributed by atoms with Crippen LogP contribution in [0.2, 0.25) is 5.02 Å². The minimum absolute atomic E-state index is 0.0224. The standard InChI is InChI=1S/C40H41ClFN5O5S/c1-20-13-25(14-21(2)51-20)36(45-40(49)50-3)38(48)46-12-4-5-30(46)37-43-19-28(44-37)23-8-9-29-24(15-23)16-31-35-27(42)17-26(41)18-32(35)52-39(47(29)31)34-11-10-33(53-34)22-6-7-22/h8-11,15-22,25,30,36,39H,4-7,12-14H2,1-3H3,(H,43,44)(H,45,49)/t20-,21?,25?,30-,36+,39?/m1/s1. The summed E-state index contributed by atoms with van der Waals surface area (Å²) >= 11 is 8.06. The van der Waals surface area contributed by atoms with Gasteiger partial charge in [0, 0.05) is 27.4 Å². The number of carbonyl (C=O) groups is 2. The van der Waals surface area contributed by atoms with Crippen molar-refractivity contribution in [3.05, 3.63) is 81.1 Å². The number of H-pyrrole nitrogens is 1. The van der Waals surface area contributed by atoms with Crippen LogP contribution in [0.1, 0.15) is 86.1 Å². The van der Waals surface area contributed by atoms with E-state index in [9.17, 15) is 9.59 Å². The number of halogens is 2. The maximum absolute atomic E-state index is 15.6. The van der Waals surface area contributed by atoms with Gasteiger partial charge in [-0.2, -0.15) is 0 Å². The number of imidazole rings is 1. The minimum Gasteiger partial charge on any atom is -0.464 e. The molecule has 3 aromatic heterocycles. The predicted octanol–water partition coefficient (Wildman–Crippen LogP) is 8.96. The van der Waals surface area contributed by atoms with Crippen LogP contribution in [0, 0.1) is 11.7 Å². The number of carbonyl (C=O) groups excluding carboxylic acids is 2. The number of nitrogens with one attached hydrogen (secondary N) is 2. The Hall–Kier alpha value is -4.39. The Labute approximate surface area is 315 Å². The lowest BCUT2D eigenvalue weighted by molar-refractivity contribution is -0.138. The van der Waals surface area contributed by atoms with Gasteiger partial charge in [-0.05, 0) is 107 Å². The minimum atomic E-state index is -0.733. The van der Waals surface area contributed by atoms with E-state index in [0.29, 0.717) is 42.4 Å². The zero-order valence-corrected chi connectivity index (χ0v) is 31.3. The highest BCUT2D eigenvalue weighted by Crippen LogP contribution is 2.50. The molecule has 0 bridgehead atoms. The summed E-state index contributed by atoms with van der Waals surface area (Å²) in [6.45, 7) is 4.56. The molecule has 53 heavy (non-hydrogen) atoms. The molecule has 6 atom stereocenters. The highest BCUT2D eigenvalue weighted by molar-refractivity contribution is 7.12. The van der Waals surface area contributed by atoms with Crippen molar-refractivity contribution >= 4 is 45.8 Å². The summed E-state index contributed by atoms with van der Waals surface area (Å²) in [5, 5.41) is 4.07. The van der Waals surface area contributed by atoms with Crippen molar-refractivity contribution in [2.45, 2.75) is 88.8 Å². The van der Waals surface area contributed by atoms with E-state index in [1.54, 1.807) is 23.6 Å². The molecule has 3 aliphatic heterocycles. The molecule has 2 amide bonds. The van der Waals surface area contributed by atoms with Crippen molar-refractivity contribution in [2.24, 2.45) is 5.92 Å². The number of hydrogen-bond acceptors (Lipinski definition) is 7. The van der Waals surface area contributed by atoms with E-state index in [-0.39, 0.29) is 35.1 Å². The number of nitrogens with zero attached hydrogens (tertiary/aromatic N) is 3. The smallest absolute Gasteiger partial charge is 0.407 e. The molecule has 0 radical (unpaired) electrons. The zero-order chi connectivity index (χ0) is 36.5. The van der Waals surface area contributed by atoms with Gasteiger partial charge in [0.2, 0.25) is 12.1 Å². The van der Waals surface area contributed by atoms with Gasteiger partial charge in [-0.25, -0.2) is 14.2 Å². The van der Waals surface area contributed by atoms with Crippen LogP contribution >= 0.6 is 22.9 Å². The van der Waals surface area contributed by atoms with Gasteiger partial charge in [-0.15, -0.1) is 11.3 Å². The van der Waals surface area contributed by atoms with Crippen LogP contribution < -0.4 is 10.1 Å². The second kappa shape index (κ2) is 13.5. The first-order valence-electron chi connectivity index (χ1n) is 18.4. The highest BCUT2D eigenvalue weighted by Gasteiger charge is 2.42. The number of rotatable bonds is 7. The molecular weight excluding hydrogens is 717 g/mol. The quantitative estimate of drug-likeness (QED) is 0.172. The summed E-state index contributed by atoms with van der Waals surface area (Å²) in [6.07, 6.45) is 5.97. The second-order valence-corrected chi connectivity index (χ2v) is 16.5. The van der Waals surface area contributed by atoms with Gasteiger partial charge in [-0.1, -0.05) is 17.7 Å². The summed E-state index contributed by atoms with van der Waals surface area (Å²) < 4.78 is 35.1. The molecule has 3 fully saturated rings. The number of thiophene rings is 1. The number of hydrogen-bond donors (Lipinski definition) is 2. The normalized spacial score (nSPS) is 24.4. The van der Waals surface area contributed by atoms with Gasteiger partial charge in [0.25, 0.3) is 0 Å². The summed E-state index contributed by atoms with van der Waals surface area (Å²) in [7, 11) is 1.31. The lowest BCUT2D eigenvalue weighted by Gasteiger charge is -2.38. The molecule has 2 saturated heterocycles. The molecule has 0 spiro atoms. The third-order valence-electron chi connectivity index (χ3n) is 11.1. The topological polar surface area (TPSA) is 111 Å². The van der Waals surface area contributed by atoms with Gasteiger partial charge in [0.05, 0.1) is 58.9 Å². The maximum Gasteiger partial charge on any atom is 0.407 e. The summed E-state index contributed by atoms with van der Waals surface area (Å²) in [6, 6.07) is 14.5. The van der Waals surface area contributed by atoms with Crippen LogP contribution in [0.25, 0.3) is 33.4 Å². The van der Waals surface area contributed by atoms with E-state index in [1.807, 2.05) is 36.9 Å². The van der Waals surface area contributed by atoms with Crippen molar-refractivity contribution in [1.29, 1.82) is 0 Å². The first kappa shape index (κ1) is 34.4. The number of amides is 2. The fraction of sp³-hybridized carbons (Fsp3) is 0.425. The fourth-order valence-electron chi connectivity index (χ4n) is 8.63. The monoisotopic (exact) mass is 757 g/mol. The maximum atomic E-state index is 15.6. The molecule has 3 unspecified atom stereocenters. The van der Waals surface area contributed by atoms with E-state index in [2.05, 4.69) is 33.1 Å². The Morgan fingerprint density at radius 1 is 1.08 bits per heavy atom. The average molecular weight is 758 g/mol. The molecule has 5 aromatic rings. The van der Waals surface area contributed by atoms with Gasteiger partial charge in [0.1, 0.15) is 23.4 Å². The van der Waals surface area contributed by atoms with Crippen molar-refractivity contribution in [1.82, 2.24) is 24.8 Å². The number of aromatic nitrogens is 3. The van der Waals surface area contributed by atoms with E-state index in [0.717, 1.165) is 45.6 Å². The van der Waals surface area contributed by atoms with E-state index in [1.165, 1.54) is 30.9 Å². The molecule has 6 heterocycles. The largest absolute Gasteiger partial charge is 0.464 e. The molecule has 13 heteroatoms. The van der Waals surface area contributed by atoms with Crippen LogP contribution in [0.4, 0.5) is 9.18 Å². The summed E-state index contributed by atoms with van der Waals surface area (Å²) in [4.78, 5) is 39.2. The molecule has 4 aliphatic rings. The molecule has 9 rings (SSSR count). The number of aromatic amines is 1. The van der Waals surface area contributed by atoms with E-state index < -0.39 is 24.2 Å². The fourth-order valence-corrected chi connectivity index (χ4v) is 10.0. The van der Waals surface area contributed by atoms with Gasteiger partial charge >= 0.3 is 6.09 Å². The lowest BCUT2D eigenvalue weighted by atomic mass is 9.85. The van der Waals surface area contributed by atoms with E-state index in [4.69, 9.17) is 30.8 Å². The third kappa shape index (κ3) is 6.28. The van der Waals surface area contributed by atoms with Crippen LogP contribution in [0.3, 0.4) is 0 Å². The Morgan fingerprint density at radius 3 is 2.64 bits per heavy atom. The highest BCUT2D eigenvalue weighted by atomic mass is 35.5. The van der Waals surface area contributed by atoms with Crippen LogP contribution in [-0.4, -0.2) is 63.3 Å². The van der Waals surface area contributed by atoms with Gasteiger partial charge < -0.3 is 29.4 Å². The summed E-state index contributed by atoms with van der Waals surface area (Å²) in [5.74, 6) is 1.08. The first-order valence-corrected chi connectivity index (χ1v) is 19.6. The SMILES string of the molecule is COC(=O)N[C@H](C(=O)N1CCC[C@@H]1c1ncc(-c2ccc3c(c2)cc2n3C(c3ccc(C4CC4)s3)Oc3cc(Cl)cc(F)c3-2)[nH]1)C1CC(C)O[C@H](C)C1. The van der Waals surface area contributed by atoms with Crippen LogP contribution in [0.15, 0.2) is 54.7 Å². The molecular formula is C40H41ClFN5O5S. The van der Waals surface area contributed by atoms with Crippen LogP contribution in [-0.2, 0) is 14.3 Å². The summed E-state index contributed by atoms with van der Waals surface area (Å²) in [5.41, 5.74) is 3.75. The Morgan fingerprint density at radius 2 is 1.87 bits per heavy atom. The molecule has 2 aromatic carbocycles. The molecule has 1 saturated carbocycles. The molecule has 276 valence electrons. The van der Waals surface area contributed by atoms with Gasteiger partial charge in [-0.3, -0.25) is 9.36 Å². The first-order chi connectivity index (χ1) is 25.6. The predicted molar refractivity (Wildman–Crippen MR) is 201 cm³/mol. The van der Waals surface area contributed by atoms with Gasteiger partial charge in [0.15, 0.2) is 0 Å². The number of ether oxygens (including phenoxy) is 3. The lowest BCUT2D eigenvalue weighted by Crippen LogP contribution is -2.54. The van der Waals surface area contributed by atoms with Crippen molar-refractivity contribution < 1.29 is 28.2 Å². The third-order valence-corrected chi connectivity index (χ3v) is 12.6. The number of alkyl carbamates (subject to hydrolysis) is 1. The molecule has 2 N–H and O–H groups in total.